The van der Waals surface area contributed by atoms with E-state index in [0.29, 0.717) is 5.92 Å². The molecule has 0 radical (unpaired) electrons. The van der Waals surface area contributed by atoms with Crippen LogP contribution in [0.2, 0.25) is 0 Å². The molecule has 0 heterocycles. The van der Waals surface area contributed by atoms with Crippen LogP contribution in [0.4, 0.5) is 0 Å². The van der Waals surface area contributed by atoms with E-state index in [1.54, 1.807) is 0 Å². The molecular weight excluding hydrogens is 226 g/mol. The highest BCUT2D eigenvalue weighted by Gasteiger charge is 2.39. The van der Waals surface area contributed by atoms with E-state index in [1.807, 2.05) is 0 Å². The number of nitrogens with two attached hydrogens (primary N) is 1. The van der Waals surface area contributed by atoms with Crippen LogP contribution in [0.3, 0.4) is 0 Å². The van der Waals surface area contributed by atoms with Gasteiger partial charge in [-0.1, -0.05) is 33.6 Å². The van der Waals surface area contributed by atoms with E-state index in [2.05, 4.69) is 20.8 Å². The van der Waals surface area contributed by atoms with Crippen LogP contribution in [0.25, 0.3) is 0 Å². The fraction of sp³-hybridized carbons (Fsp3) is 0.933. The predicted molar refractivity (Wildman–Crippen MR) is 74.4 cm³/mol. The van der Waals surface area contributed by atoms with Crippen LogP contribution < -0.4 is 5.73 Å². The molecule has 0 aromatic heterocycles. The summed E-state index contributed by atoms with van der Waals surface area (Å²) in [7, 11) is 0. The Hall–Kier alpha value is -0.570. The van der Waals surface area contributed by atoms with Gasteiger partial charge in [-0.25, -0.2) is 0 Å². The fourth-order valence-corrected chi connectivity index (χ4v) is 3.54. The molecule has 0 aromatic carbocycles. The van der Waals surface area contributed by atoms with E-state index in [1.165, 1.54) is 6.42 Å². The molecular formula is C15H29NO2. The SMILES string of the molecule is CCC(N)C1(CC(=O)O)CCCC(C(C)C)CC1. The summed E-state index contributed by atoms with van der Waals surface area (Å²) in [5.74, 6) is 0.745. The zero-order valence-electron chi connectivity index (χ0n) is 12.1. The summed E-state index contributed by atoms with van der Waals surface area (Å²) in [6, 6.07) is 0.0273. The predicted octanol–water partition coefficient (Wildman–Crippen LogP) is 3.42. The summed E-state index contributed by atoms with van der Waals surface area (Å²) in [5.41, 5.74) is 6.10. The van der Waals surface area contributed by atoms with Crippen molar-refractivity contribution in [2.75, 3.05) is 0 Å². The third-order valence-electron chi connectivity index (χ3n) is 4.94. The van der Waals surface area contributed by atoms with Crippen molar-refractivity contribution in [2.24, 2.45) is 23.0 Å². The highest BCUT2D eigenvalue weighted by Crippen LogP contribution is 2.44. The van der Waals surface area contributed by atoms with Gasteiger partial charge < -0.3 is 10.8 Å². The van der Waals surface area contributed by atoms with Crippen LogP contribution in [0.1, 0.15) is 65.7 Å². The molecule has 106 valence electrons. The van der Waals surface area contributed by atoms with Crippen molar-refractivity contribution in [2.45, 2.75) is 71.8 Å². The first-order valence-corrected chi connectivity index (χ1v) is 7.38. The van der Waals surface area contributed by atoms with Crippen molar-refractivity contribution in [1.29, 1.82) is 0 Å². The van der Waals surface area contributed by atoms with Crippen molar-refractivity contribution >= 4 is 5.97 Å². The third kappa shape index (κ3) is 3.71. The van der Waals surface area contributed by atoms with Crippen molar-refractivity contribution < 1.29 is 9.90 Å². The number of carboxylic acid groups (broad SMARTS) is 1. The molecule has 0 bridgehead atoms. The number of hydrogen-bond acceptors (Lipinski definition) is 2. The van der Waals surface area contributed by atoms with Crippen molar-refractivity contribution in [1.82, 2.24) is 0 Å². The molecule has 3 nitrogen and oxygen atoms in total. The summed E-state index contributed by atoms with van der Waals surface area (Å²) in [4.78, 5) is 11.2. The quantitative estimate of drug-likeness (QED) is 0.740. The number of carbonyl (C=O) groups is 1. The van der Waals surface area contributed by atoms with Crippen molar-refractivity contribution in [3.8, 4) is 0 Å². The topological polar surface area (TPSA) is 63.3 Å². The van der Waals surface area contributed by atoms with E-state index < -0.39 is 5.97 Å². The molecule has 1 fully saturated rings. The molecule has 3 atom stereocenters. The molecule has 3 unspecified atom stereocenters. The Bertz CT molecular complexity index is 278. The average Bonchev–Trinajstić information content (AvgIpc) is 2.51. The standard InChI is InChI=1S/C15H29NO2/c1-4-13(16)15(10-14(17)18)8-5-6-12(7-9-15)11(2)3/h11-13H,4-10,16H2,1-3H3,(H,17,18). The normalized spacial score (nSPS) is 31.1. The minimum absolute atomic E-state index is 0.0273. The molecule has 1 saturated carbocycles. The van der Waals surface area contributed by atoms with Gasteiger partial charge in [0.15, 0.2) is 0 Å². The van der Waals surface area contributed by atoms with Gasteiger partial charge in [0.1, 0.15) is 0 Å². The second-order valence-corrected chi connectivity index (χ2v) is 6.38. The molecule has 0 spiro atoms. The summed E-state index contributed by atoms with van der Waals surface area (Å²) in [6.45, 7) is 6.61. The summed E-state index contributed by atoms with van der Waals surface area (Å²) in [6.07, 6.45) is 6.58. The van der Waals surface area contributed by atoms with Gasteiger partial charge >= 0.3 is 5.97 Å². The Morgan fingerprint density at radius 2 is 2.06 bits per heavy atom. The maximum Gasteiger partial charge on any atom is 0.303 e. The van der Waals surface area contributed by atoms with Gasteiger partial charge in [-0.3, -0.25) is 4.79 Å². The summed E-state index contributed by atoms with van der Waals surface area (Å²) in [5, 5.41) is 9.19. The van der Waals surface area contributed by atoms with Gasteiger partial charge in [-0.2, -0.15) is 0 Å². The zero-order valence-corrected chi connectivity index (χ0v) is 12.1. The van der Waals surface area contributed by atoms with Crippen LogP contribution in [0, 0.1) is 17.3 Å². The molecule has 3 heteroatoms. The Morgan fingerprint density at radius 1 is 1.39 bits per heavy atom. The molecule has 0 aliphatic heterocycles. The van der Waals surface area contributed by atoms with Crippen LogP contribution in [-0.2, 0) is 4.79 Å². The Morgan fingerprint density at radius 3 is 2.56 bits per heavy atom. The monoisotopic (exact) mass is 255 g/mol. The van der Waals surface area contributed by atoms with E-state index in [-0.39, 0.29) is 17.9 Å². The molecule has 18 heavy (non-hydrogen) atoms. The van der Waals surface area contributed by atoms with Gasteiger partial charge in [-0.15, -0.1) is 0 Å². The lowest BCUT2D eigenvalue weighted by molar-refractivity contribution is -0.140. The molecule has 0 saturated heterocycles. The maximum absolute atomic E-state index is 11.2. The van der Waals surface area contributed by atoms with E-state index in [4.69, 9.17) is 5.73 Å². The second kappa shape index (κ2) is 6.55. The molecule has 1 aliphatic carbocycles. The van der Waals surface area contributed by atoms with Gasteiger partial charge in [0.2, 0.25) is 0 Å². The third-order valence-corrected chi connectivity index (χ3v) is 4.94. The Labute approximate surface area is 111 Å². The first-order chi connectivity index (χ1) is 8.41. The number of rotatable bonds is 5. The van der Waals surface area contributed by atoms with Crippen molar-refractivity contribution in [3.05, 3.63) is 0 Å². The Kier molecular flexibility index (Phi) is 5.64. The van der Waals surface area contributed by atoms with Gasteiger partial charge in [0.25, 0.3) is 0 Å². The molecule has 3 N–H and O–H groups in total. The number of carboxylic acids is 1. The molecule has 0 aromatic rings. The molecule has 0 amide bonds. The second-order valence-electron chi connectivity index (χ2n) is 6.38. The van der Waals surface area contributed by atoms with E-state index >= 15 is 0 Å². The van der Waals surface area contributed by atoms with Crippen LogP contribution in [0.5, 0.6) is 0 Å². The van der Waals surface area contributed by atoms with Crippen LogP contribution in [0.15, 0.2) is 0 Å². The van der Waals surface area contributed by atoms with E-state index in [0.717, 1.165) is 38.0 Å². The molecule has 1 aliphatic rings. The number of hydrogen-bond donors (Lipinski definition) is 2. The van der Waals surface area contributed by atoms with Gasteiger partial charge in [0.05, 0.1) is 6.42 Å². The minimum Gasteiger partial charge on any atom is -0.481 e. The lowest BCUT2D eigenvalue weighted by atomic mass is 9.70. The first kappa shape index (κ1) is 15.5. The van der Waals surface area contributed by atoms with Gasteiger partial charge in [0, 0.05) is 6.04 Å². The fourth-order valence-electron chi connectivity index (χ4n) is 3.54. The summed E-state index contributed by atoms with van der Waals surface area (Å²) >= 11 is 0. The van der Waals surface area contributed by atoms with Crippen LogP contribution in [-0.4, -0.2) is 17.1 Å². The Balaban J connectivity index is 2.81. The van der Waals surface area contributed by atoms with Crippen molar-refractivity contribution in [3.63, 3.8) is 0 Å². The smallest absolute Gasteiger partial charge is 0.303 e. The number of aliphatic carboxylic acids is 1. The summed E-state index contributed by atoms with van der Waals surface area (Å²) < 4.78 is 0. The van der Waals surface area contributed by atoms with E-state index in [9.17, 15) is 9.90 Å². The minimum atomic E-state index is -0.693. The largest absolute Gasteiger partial charge is 0.481 e. The lowest BCUT2D eigenvalue weighted by Gasteiger charge is -2.37. The highest BCUT2D eigenvalue weighted by atomic mass is 16.4. The highest BCUT2D eigenvalue weighted by molar-refractivity contribution is 5.67. The lowest BCUT2D eigenvalue weighted by Crippen LogP contribution is -2.42. The van der Waals surface area contributed by atoms with Crippen LogP contribution >= 0.6 is 0 Å². The maximum atomic E-state index is 11.2. The zero-order chi connectivity index (χ0) is 13.8. The van der Waals surface area contributed by atoms with Gasteiger partial charge in [-0.05, 0) is 42.9 Å². The average molecular weight is 255 g/mol. The first-order valence-electron chi connectivity index (χ1n) is 7.38. The molecule has 1 rings (SSSR count).